The number of carbonyl (C=O) groups is 1. The minimum Gasteiger partial charge on any atom is -0.364 e. The highest BCUT2D eigenvalue weighted by molar-refractivity contribution is 7.14. The van der Waals surface area contributed by atoms with E-state index in [0.717, 1.165) is 46.1 Å². The van der Waals surface area contributed by atoms with E-state index in [1.54, 1.807) is 0 Å². The molecule has 2 N–H and O–H groups in total. The topological polar surface area (TPSA) is 71.6 Å². The molecule has 0 radical (unpaired) electrons. The molecular formula is C20H28N4OS. The molecule has 5 nitrogen and oxygen atoms in total. The number of aryl methyl sites for hydroxylation is 1. The van der Waals surface area contributed by atoms with Gasteiger partial charge in [0.05, 0.1) is 27.7 Å². The van der Waals surface area contributed by atoms with E-state index in [9.17, 15) is 4.79 Å². The predicted molar refractivity (Wildman–Crippen MR) is 110 cm³/mol. The fourth-order valence-electron chi connectivity index (χ4n) is 3.20. The van der Waals surface area contributed by atoms with Crippen molar-refractivity contribution < 1.29 is 4.79 Å². The van der Waals surface area contributed by atoms with Crippen molar-refractivity contribution in [1.29, 1.82) is 0 Å². The van der Waals surface area contributed by atoms with Gasteiger partial charge in [-0.2, -0.15) is 5.10 Å². The number of hydrazone groups is 1. The fraction of sp³-hybridized carbons (Fsp3) is 0.450. The number of amides is 1. The number of carbonyl (C=O) groups excluding carboxylic acids is 1. The van der Waals surface area contributed by atoms with Crippen molar-refractivity contribution in [2.75, 3.05) is 0 Å². The number of thiazole rings is 1. The molecular weight excluding hydrogens is 344 g/mol. The van der Waals surface area contributed by atoms with Crippen LogP contribution in [0.2, 0.25) is 0 Å². The number of nitrogens with two attached hydrogens (primary N) is 1. The summed E-state index contributed by atoms with van der Waals surface area (Å²) in [4.78, 5) is 16.8. The van der Waals surface area contributed by atoms with Gasteiger partial charge in [0.1, 0.15) is 0 Å². The first-order valence-corrected chi connectivity index (χ1v) is 9.74. The van der Waals surface area contributed by atoms with Gasteiger partial charge < -0.3 is 5.73 Å². The lowest BCUT2D eigenvalue weighted by molar-refractivity contribution is 0.1000. The Morgan fingerprint density at radius 1 is 1.31 bits per heavy atom. The summed E-state index contributed by atoms with van der Waals surface area (Å²) in [6.07, 6.45) is 4.24. The standard InChI is InChI=1S/C20H28N4OS/c1-8-15(9-2)16-10-12(5)23-24(14(16)7)17(11(3)4)18-13(6)22-20(26-18)19(21)25/h10,15H,7-9H2,1-6H3,(H2,21,25). The van der Waals surface area contributed by atoms with Gasteiger partial charge in [0.15, 0.2) is 5.01 Å². The Balaban J connectivity index is 2.56. The lowest BCUT2D eigenvalue weighted by Gasteiger charge is -2.32. The summed E-state index contributed by atoms with van der Waals surface area (Å²) in [7, 11) is 0. The Hall–Kier alpha value is -2.21. The maximum absolute atomic E-state index is 11.6. The van der Waals surface area contributed by atoms with E-state index < -0.39 is 5.91 Å². The zero-order valence-corrected chi connectivity index (χ0v) is 17.3. The van der Waals surface area contributed by atoms with Gasteiger partial charge in [-0.25, -0.2) is 9.99 Å². The van der Waals surface area contributed by atoms with Crippen LogP contribution in [0.15, 0.2) is 34.6 Å². The molecule has 0 saturated heterocycles. The van der Waals surface area contributed by atoms with Crippen molar-refractivity contribution in [3.05, 3.63) is 45.1 Å². The zero-order chi connectivity index (χ0) is 19.6. The van der Waals surface area contributed by atoms with E-state index in [4.69, 9.17) is 10.8 Å². The fourth-order valence-corrected chi connectivity index (χ4v) is 4.26. The number of primary amides is 1. The molecule has 0 fully saturated rings. The average molecular weight is 373 g/mol. The molecule has 1 amide bonds. The lowest BCUT2D eigenvalue weighted by atomic mass is 9.89. The van der Waals surface area contributed by atoms with Gasteiger partial charge in [-0.15, -0.1) is 11.3 Å². The molecule has 1 aromatic heterocycles. The minimum absolute atomic E-state index is 0.315. The summed E-state index contributed by atoms with van der Waals surface area (Å²) < 4.78 is 0. The second-order valence-corrected chi connectivity index (χ2v) is 7.76. The first-order chi connectivity index (χ1) is 12.2. The first kappa shape index (κ1) is 20.1. The van der Waals surface area contributed by atoms with Crippen LogP contribution in [-0.2, 0) is 0 Å². The molecule has 0 saturated carbocycles. The average Bonchev–Trinajstić information content (AvgIpc) is 2.94. The van der Waals surface area contributed by atoms with E-state index in [2.05, 4.69) is 31.5 Å². The van der Waals surface area contributed by atoms with Crippen molar-refractivity contribution in [3.63, 3.8) is 0 Å². The Bertz CT molecular complexity index is 821. The number of hydrogen-bond donors (Lipinski definition) is 1. The van der Waals surface area contributed by atoms with Crippen molar-refractivity contribution in [2.24, 2.45) is 16.8 Å². The molecule has 0 aliphatic carbocycles. The normalized spacial score (nSPS) is 14.4. The molecule has 0 atom stereocenters. The van der Waals surface area contributed by atoms with E-state index in [1.165, 1.54) is 16.9 Å². The molecule has 0 unspecified atom stereocenters. The third kappa shape index (κ3) is 3.80. The van der Waals surface area contributed by atoms with E-state index in [0.29, 0.717) is 10.9 Å². The molecule has 26 heavy (non-hydrogen) atoms. The van der Waals surface area contributed by atoms with Gasteiger partial charge in [-0.3, -0.25) is 4.79 Å². The quantitative estimate of drug-likeness (QED) is 0.774. The summed E-state index contributed by atoms with van der Waals surface area (Å²) >= 11 is 1.31. The Labute approximate surface area is 160 Å². The minimum atomic E-state index is -0.507. The molecule has 1 aromatic rings. The number of allylic oxidation sites excluding steroid dienone is 3. The van der Waals surface area contributed by atoms with Crippen molar-refractivity contribution >= 4 is 28.7 Å². The summed E-state index contributed by atoms with van der Waals surface area (Å²) in [5.41, 5.74) is 11.2. The summed E-state index contributed by atoms with van der Waals surface area (Å²) in [6, 6.07) is 0. The van der Waals surface area contributed by atoms with Gasteiger partial charge >= 0.3 is 0 Å². The highest BCUT2D eigenvalue weighted by Gasteiger charge is 2.28. The highest BCUT2D eigenvalue weighted by Crippen LogP contribution is 2.39. The van der Waals surface area contributed by atoms with Crippen LogP contribution in [0.3, 0.4) is 0 Å². The zero-order valence-electron chi connectivity index (χ0n) is 16.5. The maximum Gasteiger partial charge on any atom is 0.277 e. The van der Waals surface area contributed by atoms with Crippen LogP contribution in [0.25, 0.3) is 5.70 Å². The largest absolute Gasteiger partial charge is 0.364 e. The van der Waals surface area contributed by atoms with Crippen LogP contribution >= 0.6 is 11.3 Å². The van der Waals surface area contributed by atoms with Gasteiger partial charge in [0, 0.05) is 0 Å². The van der Waals surface area contributed by atoms with Gasteiger partial charge in [-0.05, 0) is 63.7 Å². The van der Waals surface area contributed by atoms with Crippen molar-refractivity contribution in [3.8, 4) is 0 Å². The Morgan fingerprint density at radius 2 is 1.92 bits per heavy atom. The second-order valence-electron chi connectivity index (χ2n) is 6.76. The summed E-state index contributed by atoms with van der Waals surface area (Å²) in [5, 5.41) is 6.96. The van der Waals surface area contributed by atoms with E-state index >= 15 is 0 Å². The number of hydrogen-bond acceptors (Lipinski definition) is 5. The summed E-state index contributed by atoms with van der Waals surface area (Å²) in [5.74, 6) is -0.0650. The monoisotopic (exact) mass is 372 g/mol. The predicted octanol–water partition coefficient (Wildman–Crippen LogP) is 4.87. The molecule has 140 valence electrons. The SMILES string of the molecule is C=C1C(C(CC)CC)=CC(C)=NN1C(=C(C)C)c1sc(C(N)=O)nc1C. The van der Waals surface area contributed by atoms with Crippen molar-refractivity contribution in [2.45, 2.75) is 54.4 Å². The first-order valence-electron chi connectivity index (χ1n) is 8.92. The van der Waals surface area contributed by atoms with Crippen LogP contribution in [0, 0.1) is 12.8 Å². The molecule has 0 bridgehead atoms. The smallest absolute Gasteiger partial charge is 0.277 e. The molecule has 0 aromatic carbocycles. The molecule has 2 heterocycles. The van der Waals surface area contributed by atoms with Crippen LogP contribution in [-0.4, -0.2) is 21.6 Å². The number of nitrogens with zero attached hydrogens (tertiary/aromatic N) is 3. The van der Waals surface area contributed by atoms with Crippen molar-refractivity contribution in [1.82, 2.24) is 9.99 Å². The summed E-state index contributed by atoms with van der Waals surface area (Å²) in [6.45, 7) is 16.7. The molecule has 1 aliphatic heterocycles. The Kier molecular flexibility index (Phi) is 6.18. The maximum atomic E-state index is 11.6. The van der Waals surface area contributed by atoms with E-state index in [-0.39, 0.29) is 0 Å². The molecule has 2 rings (SSSR count). The van der Waals surface area contributed by atoms with Crippen LogP contribution in [0.1, 0.15) is 67.8 Å². The van der Waals surface area contributed by atoms with E-state index in [1.807, 2.05) is 32.7 Å². The number of aromatic nitrogens is 1. The molecule has 1 aliphatic rings. The third-order valence-corrected chi connectivity index (χ3v) is 5.72. The Morgan fingerprint density at radius 3 is 2.38 bits per heavy atom. The number of rotatable bonds is 6. The molecule has 6 heteroatoms. The molecule has 0 spiro atoms. The third-order valence-electron chi connectivity index (χ3n) is 4.54. The van der Waals surface area contributed by atoms with Gasteiger partial charge in [0.2, 0.25) is 0 Å². The second kappa shape index (κ2) is 7.99. The van der Waals surface area contributed by atoms with Gasteiger partial charge in [0.25, 0.3) is 5.91 Å². The van der Waals surface area contributed by atoms with Gasteiger partial charge in [-0.1, -0.05) is 20.4 Å². The highest BCUT2D eigenvalue weighted by atomic mass is 32.1. The van der Waals surface area contributed by atoms with Crippen LogP contribution in [0.4, 0.5) is 0 Å². The van der Waals surface area contributed by atoms with Crippen LogP contribution in [0.5, 0.6) is 0 Å². The van der Waals surface area contributed by atoms with Crippen LogP contribution < -0.4 is 5.73 Å². The lowest BCUT2D eigenvalue weighted by Crippen LogP contribution is -2.25.